The molecule has 3 aromatic heterocycles. The first-order valence-electron chi connectivity index (χ1n) is 9.58. The maximum Gasteiger partial charge on any atom is 0.130 e. The largest absolute Gasteiger partial charge is 0.377 e. The zero-order valence-electron chi connectivity index (χ0n) is 15.6. The van der Waals surface area contributed by atoms with E-state index >= 15 is 0 Å². The highest BCUT2D eigenvalue weighted by atomic mass is 35.5. The summed E-state index contributed by atoms with van der Waals surface area (Å²) in [6, 6.07) is 6.60. The zero-order valence-corrected chi connectivity index (χ0v) is 17.2. The molecular weight excluding hydrogens is 394 g/mol. The molecule has 1 unspecified atom stereocenters. The predicted molar refractivity (Wildman–Crippen MR) is 114 cm³/mol. The van der Waals surface area contributed by atoms with Gasteiger partial charge >= 0.3 is 0 Å². The summed E-state index contributed by atoms with van der Waals surface area (Å²) in [5, 5.41) is 3.90. The van der Waals surface area contributed by atoms with Crippen LogP contribution in [0.5, 0.6) is 0 Å². The van der Waals surface area contributed by atoms with E-state index in [9.17, 15) is 0 Å². The molecule has 2 N–H and O–H groups in total. The first-order chi connectivity index (χ1) is 13.7. The number of rotatable bonds is 3. The minimum absolute atomic E-state index is 0.153. The van der Waals surface area contributed by atoms with Gasteiger partial charge in [-0.25, -0.2) is 10.4 Å². The Hall–Kier alpha value is -1.77. The Labute approximate surface area is 172 Å². The van der Waals surface area contributed by atoms with Crippen molar-refractivity contribution in [1.82, 2.24) is 20.8 Å². The second kappa shape index (κ2) is 7.57. The van der Waals surface area contributed by atoms with Crippen LogP contribution >= 0.6 is 22.9 Å². The molecule has 0 radical (unpaired) electrons. The van der Waals surface area contributed by atoms with Crippen LogP contribution in [-0.4, -0.2) is 42.3 Å². The summed E-state index contributed by atoms with van der Waals surface area (Å²) in [5.41, 5.74) is 9.58. The van der Waals surface area contributed by atoms with E-state index in [1.807, 2.05) is 23.7 Å². The Morgan fingerprint density at radius 2 is 2.29 bits per heavy atom. The third-order valence-electron chi connectivity index (χ3n) is 5.43. The predicted octanol–water partition coefficient (Wildman–Crippen LogP) is 3.78. The van der Waals surface area contributed by atoms with Crippen LogP contribution in [0.3, 0.4) is 0 Å². The van der Waals surface area contributed by atoms with Crippen LogP contribution in [0.15, 0.2) is 29.8 Å². The number of hydrogen-bond donors (Lipinski definition) is 2. The molecular formula is C20H22ClN5OS. The molecule has 6 nitrogen and oxygen atoms in total. The lowest BCUT2D eigenvalue weighted by Gasteiger charge is -2.34. The van der Waals surface area contributed by atoms with Gasteiger partial charge in [-0.2, -0.15) is 0 Å². The minimum Gasteiger partial charge on any atom is -0.377 e. The number of ether oxygens (including phenoxy) is 1. The molecule has 2 fully saturated rings. The number of morpholine rings is 1. The number of thiophene rings is 1. The van der Waals surface area contributed by atoms with Gasteiger partial charge in [-0.1, -0.05) is 11.6 Å². The Balaban J connectivity index is 1.74. The summed E-state index contributed by atoms with van der Waals surface area (Å²) in [5.74, 6) is 0.961. The molecule has 2 atom stereocenters. The number of fused-ring (bicyclic) bond motifs is 1. The van der Waals surface area contributed by atoms with Gasteiger partial charge in [-0.05, 0) is 36.9 Å². The first kappa shape index (κ1) is 18.3. The van der Waals surface area contributed by atoms with Crippen molar-refractivity contribution in [3.63, 3.8) is 0 Å². The lowest BCUT2D eigenvalue weighted by Crippen LogP contribution is -2.44. The van der Waals surface area contributed by atoms with Crippen LogP contribution in [0.25, 0.3) is 21.3 Å². The van der Waals surface area contributed by atoms with Gasteiger partial charge in [0.2, 0.25) is 0 Å². The molecule has 28 heavy (non-hydrogen) atoms. The number of aromatic nitrogens is 2. The van der Waals surface area contributed by atoms with Crippen molar-refractivity contribution in [2.24, 2.45) is 0 Å². The van der Waals surface area contributed by atoms with Crippen LogP contribution in [0, 0.1) is 0 Å². The number of halogens is 1. The molecule has 2 aliphatic rings. The average Bonchev–Trinajstić information content (AvgIpc) is 3.39. The third-order valence-corrected chi connectivity index (χ3v) is 6.81. The SMILES string of the molecule is C[C@@H]1COCCN1c1cc(-c2sccc2Cl)c2ccnc(C3CCNN3)c2n1. The van der Waals surface area contributed by atoms with E-state index in [-0.39, 0.29) is 12.1 Å². The van der Waals surface area contributed by atoms with Crippen molar-refractivity contribution < 1.29 is 4.74 Å². The number of hydrazine groups is 1. The van der Waals surface area contributed by atoms with Crippen molar-refractivity contribution in [2.45, 2.75) is 25.4 Å². The second-order valence-electron chi connectivity index (χ2n) is 7.25. The summed E-state index contributed by atoms with van der Waals surface area (Å²) in [6.07, 6.45) is 2.86. The van der Waals surface area contributed by atoms with Crippen molar-refractivity contribution >= 4 is 39.7 Å². The van der Waals surface area contributed by atoms with Crippen molar-refractivity contribution in [1.29, 1.82) is 0 Å². The summed E-state index contributed by atoms with van der Waals surface area (Å²) < 4.78 is 5.63. The van der Waals surface area contributed by atoms with Crippen molar-refractivity contribution in [2.75, 3.05) is 31.2 Å². The van der Waals surface area contributed by atoms with E-state index in [0.29, 0.717) is 13.2 Å². The monoisotopic (exact) mass is 415 g/mol. The van der Waals surface area contributed by atoms with E-state index in [2.05, 4.69) is 28.7 Å². The molecule has 8 heteroatoms. The molecule has 2 aliphatic heterocycles. The van der Waals surface area contributed by atoms with Crippen LogP contribution in [0.4, 0.5) is 5.82 Å². The van der Waals surface area contributed by atoms with Crippen LogP contribution in [-0.2, 0) is 4.74 Å². The normalized spacial score (nSPS) is 22.9. The van der Waals surface area contributed by atoms with E-state index in [0.717, 1.165) is 57.4 Å². The maximum atomic E-state index is 6.53. The number of nitrogens with one attached hydrogen (secondary N) is 2. The molecule has 0 saturated carbocycles. The van der Waals surface area contributed by atoms with Gasteiger partial charge in [-0.15, -0.1) is 11.3 Å². The van der Waals surface area contributed by atoms with Crippen LogP contribution < -0.4 is 15.8 Å². The average molecular weight is 416 g/mol. The molecule has 2 saturated heterocycles. The first-order valence-corrected chi connectivity index (χ1v) is 10.8. The van der Waals surface area contributed by atoms with Gasteiger partial charge in [0.25, 0.3) is 0 Å². The minimum atomic E-state index is 0.153. The quantitative estimate of drug-likeness (QED) is 0.678. The Morgan fingerprint density at radius 1 is 1.36 bits per heavy atom. The second-order valence-corrected chi connectivity index (χ2v) is 8.57. The molecule has 0 amide bonds. The Kier molecular flexibility index (Phi) is 4.94. The van der Waals surface area contributed by atoms with E-state index in [4.69, 9.17) is 26.3 Å². The third kappa shape index (κ3) is 3.17. The van der Waals surface area contributed by atoms with Crippen molar-refractivity contribution in [3.8, 4) is 10.4 Å². The Bertz CT molecular complexity index is 1000. The standard InChI is InChI=1S/C20H22ClN5OS/c1-12-11-27-8-7-26(12)17-10-14(20-15(21)4-9-28-20)13-2-5-22-19(18(13)24-17)16-3-6-23-25-16/h2,4-5,9-10,12,16,23,25H,3,6-8,11H2,1H3/t12-,16?/m1/s1. The maximum absolute atomic E-state index is 6.53. The number of nitrogens with zero attached hydrogens (tertiary/aromatic N) is 3. The van der Waals surface area contributed by atoms with E-state index in [1.165, 1.54) is 0 Å². The van der Waals surface area contributed by atoms with Gasteiger partial charge < -0.3 is 9.64 Å². The highest BCUT2D eigenvalue weighted by molar-refractivity contribution is 7.14. The number of pyridine rings is 2. The Morgan fingerprint density at radius 3 is 3.04 bits per heavy atom. The molecule has 3 aromatic rings. The molecule has 0 spiro atoms. The summed E-state index contributed by atoms with van der Waals surface area (Å²) in [6.45, 7) is 5.36. The molecule has 0 bridgehead atoms. The number of hydrogen-bond acceptors (Lipinski definition) is 7. The van der Waals surface area contributed by atoms with Gasteiger partial charge in [-0.3, -0.25) is 10.4 Å². The zero-order chi connectivity index (χ0) is 19.1. The van der Waals surface area contributed by atoms with Gasteiger partial charge in [0.1, 0.15) is 5.82 Å². The summed E-state index contributed by atoms with van der Waals surface area (Å²) >= 11 is 8.19. The lowest BCUT2D eigenvalue weighted by atomic mass is 10.0. The fourth-order valence-corrected chi connectivity index (χ4v) is 5.18. The topological polar surface area (TPSA) is 62.3 Å². The van der Waals surface area contributed by atoms with Crippen molar-refractivity contribution in [3.05, 3.63) is 40.5 Å². The summed E-state index contributed by atoms with van der Waals surface area (Å²) in [4.78, 5) is 13.2. The number of anilines is 1. The van der Waals surface area contributed by atoms with Gasteiger partial charge in [0.15, 0.2) is 0 Å². The molecule has 5 heterocycles. The molecule has 146 valence electrons. The fraction of sp³-hybridized carbons (Fsp3) is 0.400. The van der Waals surface area contributed by atoms with E-state index in [1.54, 1.807) is 11.3 Å². The lowest BCUT2D eigenvalue weighted by molar-refractivity contribution is 0.0986. The highest BCUT2D eigenvalue weighted by Gasteiger charge is 2.26. The van der Waals surface area contributed by atoms with Crippen LogP contribution in [0.1, 0.15) is 25.1 Å². The fourth-order valence-electron chi connectivity index (χ4n) is 3.99. The highest BCUT2D eigenvalue weighted by Crippen LogP contribution is 2.40. The summed E-state index contributed by atoms with van der Waals surface area (Å²) in [7, 11) is 0. The molecule has 0 aromatic carbocycles. The smallest absolute Gasteiger partial charge is 0.130 e. The van der Waals surface area contributed by atoms with E-state index < -0.39 is 0 Å². The molecule has 0 aliphatic carbocycles. The molecule has 5 rings (SSSR count). The van der Waals surface area contributed by atoms with Crippen LogP contribution in [0.2, 0.25) is 5.02 Å². The van der Waals surface area contributed by atoms with Gasteiger partial charge in [0.05, 0.1) is 46.4 Å². The van der Waals surface area contributed by atoms with Gasteiger partial charge in [0, 0.05) is 30.2 Å².